The van der Waals surface area contributed by atoms with Gasteiger partial charge in [0.15, 0.2) is 0 Å². The van der Waals surface area contributed by atoms with Crippen LogP contribution in [0.1, 0.15) is 23.6 Å². The summed E-state index contributed by atoms with van der Waals surface area (Å²) in [5.41, 5.74) is 3.71. The molecule has 0 unspecified atom stereocenters. The Bertz CT molecular complexity index is 859. The molecule has 0 radical (unpaired) electrons. The summed E-state index contributed by atoms with van der Waals surface area (Å²) in [5, 5.41) is 6.74. The highest BCUT2D eigenvalue weighted by atomic mass is 19.1. The third-order valence-electron chi connectivity index (χ3n) is 4.30. The van der Waals surface area contributed by atoms with Gasteiger partial charge in [0, 0.05) is 12.0 Å². The molecule has 0 saturated carbocycles. The van der Waals surface area contributed by atoms with Crippen LogP contribution in [0.25, 0.3) is 0 Å². The summed E-state index contributed by atoms with van der Waals surface area (Å²) in [6.45, 7) is 0. The first kappa shape index (κ1) is 14.6. The van der Waals surface area contributed by atoms with Crippen molar-refractivity contribution in [2.75, 3.05) is 5.01 Å². The van der Waals surface area contributed by atoms with Crippen molar-refractivity contribution in [1.29, 1.82) is 0 Å². The van der Waals surface area contributed by atoms with Crippen LogP contribution in [0.3, 0.4) is 0 Å². The van der Waals surface area contributed by atoms with Crippen LogP contribution in [0, 0.1) is 5.82 Å². The van der Waals surface area contributed by atoms with Gasteiger partial charge in [-0.05, 0) is 23.8 Å². The second kappa shape index (κ2) is 6.28. The minimum Gasteiger partial charge on any atom is -0.257 e. The number of para-hydroxylation sites is 1. The number of nitrogens with zero attached hydrogens (tertiary/aromatic N) is 2. The first-order valence-corrected chi connectivity index (χ1v) is 8.04. The maximum Gasteiger partial charge on any atom is 0.128 e. The van der Waals surface area contributed by atoms with Crippen LogP contribution in [-0.4, -0.2) is 5.71 Å². The molecule has 2 nitrogen and oxygen atoms in total. The zero-order chi connectivity index (χ0) is 16.4. The van der Waals surface area contributed by atoms with E-state index in [-0.39, 0.29) is 11.9 Å². The van der Waals surface area contributed by atoms with Crippen molar-refractivity contribution >= 4 is 11.4 Å². The number of hydrogen-bond acceptors (Lipinski definition) is 2. The van der Waals surface area contributed by atoms with E-state index in [0.717, 1.165) is 17.0 Å². The lowest BCUT2D eigenvalue weighted by Crippen LogP contribution is -2.19. The first-order chi connectivity index (χ1) is 11.8. The minimum atomic E-state index is -0.187. The minimum absolute atomic E-state index is 0.135. The monoisotopic (exact) mass is 316 g/mol. The van der Waals surface area contributed by atoms with Crippen molar-refractivity contribution < 1.29 is 4.39 Å². The molecule has 0 spiro atoms. The molecule has 3 aromatic carbocycles. The average Bonchev–Trinajstić information content (AvgIpc) is 3.09. The van der Waals surface area contributed by atoms with Gasteiger partial charge in [-0.15, -0.1) is 0 Å². The molecule has 24 heavy (non-hydrogen) atoms. The van der Waals surface area contributed by atoms with Gasteiger partial charge < -0.3 is 0 Å². The van der Waals surface area contributed by atoms with E-state index in [1.807, 2.05) is 77.8 Å². The summed E-state index contributed by atoms with van der Waals surface area (Å²) in [6.07, 6.45) is 0.680. The van der Waals surface area contributed by atoms with Gasteiger partial charge in [0.25, 0.3) is 0 Å². The highest BCUT2D eigenvalue weighted by molar-refractivity contribution is 6.03. The number of benzene rings is 3. The van der Waals surface area contributed by atoms with E-state index in [0.29, 0.717) is 12.0 Å². The second-order valence-electron chi connectivity index (χ2n) is 5.83. The molecule has 1 heterocycles. The van der Waals surface area contributed by atoms with Gasteiger partial charge in [0.05, 0.1) is 17.4 Å². The molecule has 0 N–H and O–H groups in total. The smallest absolute Gasteiger partial charge is 0.128 e. The Morgan fingerprint density at radius 1 is 0.792 bits per heavy atom. The summed E-state index contributed by atoms with van der Waals surface area (Å²) in [6, 6.07) is 26.8. The molecule has 3 heteroatoms. The van der Waals surface area contributed by atoms with E-state index < -0.39 is 0 Å². The van der Waals surface area contributed by atoms with Gasteiger partial charge in [0.1, 0.15) is 5.82 Å². The predicted molar refractivity (Wildman–Crippen MR) is 95.7 cm³/mol. The molecule has 0 saturated heterocycles. The fourth-order valence-electron chi connectivity index (χ4n) is 3.12. The summed E-state index contributed by atoms with van der Waals surface area (Å²) in [5.74, 6) is -0.187. The Morgan fingerprint density at radius 2 is 1.42 bits per heavy atom. The lowest BCUT2D eigenvalue weighted by Gasteiger charge is -2.24. The van der Waals surface area contributed by atoms with Crippen molar-refractivity contribution in [2.24, 2.45) is 5.10 Å². The number of hydrazone groups is 1. The Balaban J connectivity index is 1.78. The maximum absolute atomic E-state index is 14.4. The summed E-state index contributed by atoms with van der Waals surface area (Å²) >= 11 is 0. The number of rotatable bonds is 3. The topological polar surface area (TPSA) is 15.6 Å². The molecule has 1 aliphatic heterocycles. The van der Waals surface area contributed by atoms with Crippen LogP contribution in [0.5, 0.6) is 0 Å². The van der Waals surface area contributed by atoms with E-state index in [9.17, 15) is 4.39 Å². The van der Waals surface area contributed by atoms with E-state index in [1.165, 1.54) is 6.07 Å². The molecular weight excluding hydrogens is 299 g/mol. The molecular formula is C21H17FN2. The zero-order valence-electron chi connectivity index (χ0n) is 13.1. The van der Waals surface area contributed by atoms with Crippen molar-refractivity contribution in [3.05, 3.63) is 102 Å². The van der Waals surface area contributed by atoms with Crippen LogP contribution >= 0.6 is 0 Å². The van der Waals surface area contributed by atoms with Crippen LogP contribution in [-0.2, 0) is 0 Å². The molecule has 0 aliphatic carbocycles. The van der Waals surface area contributed by atoms with E-state index in [1.54, 1.807) is 6.07 Å². The standard InChI is InChI=1S/C21H17FN2/c22-19-14-8-7-13-18(19)21-15-20(16-9-3-1-4-10-16)23-24(21)17-11-5-2-6-12-17/h1-14,21H,15H2/t21-/m1/s1. The molecule has 0 fully saturated rings. The highest BCUT2D eigenvalue weighted by Crippen LogP contribution is 2.37. The van der Waals surface area contributed by atoms with Crippen molar-refractivity contribution in [2.45, 2.75) is 12.5 Å². The van der Waals surface area contributed by atoms with Crippen molar-refractivity contribution in [3.8, 4) is 0 Å². The third-order valence-corrected chi connectivity index (χ3v) is 4.30. The fourth-order valence-corrected chi connectivity index (χ4v) is 3.12. The van der Waals surface area contributed by atoms with Gasteiger partial charge in [0.2, 0.25) is 0 Å². The van der Waals surface area contributed by atoms with Crippen LogP contribution < -0.4 is 5.01 Å². The van der Waals surface area contributed by atoms with Crippen LogP contribution in [0.4, 0.5) is 10.1 Å². The number of halogens is 1. The SMILES string of the molecule is Fc1ccccc1[C@H]1CC(c2ccccc2)=NN1c1ccccc1. The van der Waals surface area contributed by atoms with Crippen molar-refractivity contribution in [1.82, 2.24) is 0 Å². The number of hydrogen-bond donors (Lipinski definition) is 0. The van der Waals surface area contributed by atoms with Gasteiger partial charge in [-0.3, -0.25) is 5.01 Å². The van der Waals surface area contributed by atoms with Gasteiger partial charge in [-0.1, -0.05) is 66.7 Å². The lowest BCUT2D eigenvalue weighted by atomic mass is 9.98. The molecule has 0 amide bonds. The lowest BCUT2D eigenvalue weighted by molar-refractivity contribution is 0.579. The van der Waals surface area contributed by atoms with Crippen LogP contribution in [0.15, 0.2) is 90.0 Å². The largest absolute Gasteiger partial charge is 0.257 e. The Morgan fingerprint density at radius 3 is 2.12 bits per heavy atom. The average molecular weight is 316 g/mol. The molecule has 4 rings (SSSR count). The number of anilines is 1. The molecule has 1 atom stereocenters. The summed E-state index contributed by atoms with van der Waals surface area (Å²) in [4.78, 5) is 0. The Labute approximate surface area is 140 Å². The van der Waals surface area contributed by atoms with Crippen molar-refractivity contribution in [3.63, 3.8) is 0 Å². The quantitative estimate of drug-likeness (QED) is 0.650. The Kier molecular flexibility index (Phi) is 3.83. The van der Waals surface area contributed by atoms with Gasteiger partial charge in [-0.25, -0.2) is 4.39 Å². The third kappa shape index (κ3) is 2.69. The fraction of sp³-hybridized carbons (Fsp3) is 0.0952. The molecule has 3 aromatic rings. The predicted octanol–water partition coefficient (Wildman–Crippen LogP) is 5.18. The summed E-state index contributed by atoms with van der Waals surface area (Å²) < 4.78 is 14.4. The molecule has 0 aromatic heterocycles. The first-order valence-electron chi connectivity index (χ1n) is 8.04. The van der Waals surface area contributed by atoms with E-state index >= 15 is 0 Å². The molecule has 1 aliphatic rings. The highest BCUT2D eigenvalue weighted by Gasteiger charge is 2.31. The van der Waals surface area contributed by atoms with Crippen LogP contribution in [0.2, 0.25) is 0 Å². The molecule has 0 bridgehead atoms. The zero-order valence-corrected chi connectivity index (χ0v) is 13.1. The van der Waals surface area contributed by atoms with E-state index in [2.05, 4.69) is 0 Å². The second-order valence-corrected chi connectivity index (χ2v) is 5.83. The Hall–Kier alpha value is -2.94. The maximum atomic E-state index is 14.4. The van der Waals surface area contributed by atoms with E-state index in [4.69, 9.17) is 5.10 Å². The summed E-state index contributed by atoms with van der Waals surface area (Å²) in [7, 11) is 0. The van der Waals surface area contributed by atoms with Gasteiger partial charge >= 0.3 is 0 Å². The molecule has 118 valence electrons. The van der Waals surface area contributed by atoms with Gasteiger partial charge in [-0.2, -0.15) is 5.10 Å². The normalized spacial score (nSPS) is 17.0.